The van der Waals surface area contributed by atoms with Crippen LogP contribution < -0.4 is 10.6 Å². The molecule has 19 heavy (non-hydrogen) atoms. The van der Waals surface area contributed by atoms with Gasteiger partial charge in [-0.2, -0.15) is 0 Å². The largest absolute Gasteiger partial charge is 0.383 e. The Hall–Kier alpha value is -0.850. The standard InChI is InChI=1S/C13H27N3O3/c1-4-14-12(15-7-10-17-2)16-11-13(18-3)5-8-19-9-6-13/h4-11H2,1-3H3,(H2,14,15,16). The van der Waals surface area contributed by atoms with Gasteiger partial charge in [0, 0.05) is 53.4 Å². The minimum absolute atomic E-state index is 0.179. The van der Waals surface area contributed by atoms with Gasteiger partial charge in [0.25, 0.3) is 0 Å². The molecule has 2 N–H and O–H groups in total. The second-order valence-electron chi connectivity index (χ2n) is 4.61. The molecule has 0 aromatic rings. The molecule has 6 nitrogen and oxygen atoms in total. The molecular weight excluding hydrogens is 246 g/mol. The summed E-state index contributed by atoms with van der Waals surface area (Å²) in [4.78, 5) is 4.61. The van der Waals surface area contributed by atoms with Crippen LogP contribution in [0.1, 0.15) is 19.8 Å². The van der Waals surface area contributed by atoms with Gasteiger partial charge in [-0.15, -0.1) is 0 Å². The number of hydrogen-bond acceptors (Lipinski definition) is 4. The molecule has 0 saturated carbocycles. The lowest BCUT2D eigenvalue weighted by Crippen LogP contribution is -2.44. The van der Waals surface area contributed by atoms with Gasteiger partial charge in [0.1, 0.15) is 0 Å². The molecule has 0 unspecified atom stereocenters. The van der Waals surface area contributed by atoms with Crippen LogP contribution in [0.2, 0.25) is 0 Å². The highest BCUT2D eigenvalue weighted by molar-refractivity contribution is 5.79. The topological polar surface area (TPSA) is 64.1 Å². The summed E-state index contributed by atoms with van der Waals surface area (Å²) in [6, 6.07) is 0. The molecule has 112 valence electrons. The van der Waals surface area contributed by atoms with E-state index in [1.54, 1.807) is 14.2 Å². The number of nitrogens with one attached hydrogen (secondary N) is 2. The van der Waals surface area contributed by atoms with Crippen LogP contribution in [0, 0.1) is 0 Å². The van der Waals surface area contributed by atoms with Crippen molar-refractivity contribution in [2.45, 2.75) is 25.4 Å². The number of methoxy groups -OCH3 is 2. The van der Waals surface area contributed by atoms with Gasteiger partial charge in [0.15, 0.2) is 5.96 Å². The van der Waals surface area contributed by atoms with E-state index in [1.165, 1.54) is 0 Å². The van der Waals surface area contributed by atoms with Gasteiger partial charge in [0.2, 0.25) is 0 Å². The van der Waals surface area contributed by atoms with E-state index < -0.39 is 0 Å². The predicted molar refractivity (Wildman–Crippen MR) is 75.7 cm³/mol. The Bertz CT molecular complexity index is 266. The maximum Gasteiger partial charge on any atom is 0.191 e. The molecule has 1 saturated heterocycles. The zero-order chi connectivity index (χ0) is 14.0. The first-order valence-electron chi connectivity index (χ1n) is 6.90. The predicted octanol–water partition coefficient (Wildman–Crippen LogP) is 0.384. The highest BCUT2D eigenvalue weighted by Gasteiger charge is 2.32. The second-order valence-corrected chi connectivity index (χ2v) is 4.61. The Kier molecular flexibility index (Phi) is 7.78. The SMILES string of the molecule is CCNC(=NCC1(OC)CCOCC1)NCCOC. The average molecular weight is 273 g/mol. The van der Waals surface area contributed by atoms with Crippen molar-refractivity contribution in [1.29, 1.82) is 0 Å². The van der Waals surface area contributed by atoms with Crippen molar-refractivity contribution in [1.82, 2.24) is 10.6 Å². The lowest BCUT2D eigenvalue weighted by Gasteiger charge is -2.34. The van der Waals surface area contributed by atoms with Crippen molar-refractivity contribution in [3.05, 3.63) is 0 Å². The minimum Gasteiger partial charge on any atom is -0.383 e. The lowest BCUT2D eigenvalue weighted by molar-refractivity contribution is -0.0828. The maximum absolute atomic E-state index is 5.67. The summed E-state index contributed by atoms with van der Waals surface area (Å²) in [7, 11) is 3.44. The van der Waals surface area contributed by atoms with Crippen LogP contribution in [0.15, 0.2) is 4.99 Å². The number of hydrogen-bond donors (Lipinski definition) is 2. The fourth-order valence-electron chi connectivity index (χ4n) is 2.01. The van der Waals surface area contributed by atoms with Crippen LogP contribution in [0.25, 0.3) is 0 Å². The van der Waals surface area contributed by atoms with Crippen LogP contribution in [0.3, 0.4) is 0 Å². The molecule has 0 bridgehead atoms. The van der Waals surface area contributed by atoms with Crippen LogP contribution >= 0.6 is 0 Å². The van der Waals surface area contributed by atoms with E-state index in [1.807, 2.05) is 6.92 Å². The summed E-state index contributed by atoms with van der Waals surface area (Å²) < 4.78 is 16.1. The zero-order valence-electron chi connectivity index (χ0n) is 12.3. The number of aliphatic imine (C=N–C) groups is 1. The van der Waals surface area contributed by atoms with E-state index in [4.69, 9.17) is 14.2 Å². The molecule has 0 radical (unpaired) electrons. The van der Waals surface area contributed by atoms with Gasteiger partial charge < -0.3 is 24.8 Å². The molecule has 1 aliphatic heterocycles. The van der Waals surface area contributed by atoms with Crippen molar-refractivity contribution in [2.75, 3.05) is 53.7 Å². The van der Waals surface area contributed by atoms with Crippen LogP contribution in [-0.2, 0) is 14.2 Å². The third kappa shape index (κ3) is 5.76. The molecule has 1 aliphatic rings. The molecule has 0 aliphatic carbocycles. The molecule has 0 atom stereocenters. The van der Waals surface area contributed by atoms with Gasteiger partial charge in [-0.25, -0.2) is 0 Å². The van der Waals surface area contributed by atoms with Gasteiger partial charge in [-0.3, -0.25) is 4.99 Å². The van der Waals surface area contributed by atoms with Crippen molar-refractivity contribution in [2.24, 2.45) is 4.99 Å². The van der Waals surface area contributed by atoms with E-state index >= 15 is 0 Å². The summed E-state index contributed by atoms with van der Waals surface area (Å²) in [5.41, 5.74) is -0.179. The zero-order valence-corrected chi connectivity index (χ0v) is 12.3. The molecule has 1 heterocycles. The Labute approximate surface area is 115 Å². The van der Waals surface area contributed by atoms with Crippen molar-refractivity contribution < 1.29 is 14.2 Å². The van der Waals surface area contributed by atoms with Gasteiger partial charge in [-0.05, 0) is 6.92 Å². The smallest absolute Gasteiger partial charge is 0.191 e. The first-order valence-corrected chi connectivity index (χ1v) is 6.90. The van der Waals surface area contributed by atoms with Gasteiger partial charge >= 0.3 is 0 Å². The lowest BCUT2D eigenvalue weighted by atomic mass is 9.94. The molecule has 1 rings (SSSR count). The fraction of sp³-hybridized carbons (Fsp3) is 0.923. The molecule has 0 amide bonds. The van der Waals surface area contributed by atoms with E-state index in [2.05, 4.69) is 15.6 Å². The van der Waals surface area contributed by atoms with E-state index in [-0.39, 0.29) is 5.60 Å². The molecule has 6 heteroatoms. The van der Waals surface area contributed by atoms with Crippen molar-refractivity contribution in [3.8, 4) is 0 Å². The van der Waals surface area contributed by atoms with E-state index in [0.717, 1.165) is 45.1 Å². The van der Waals surface area contributed by atoms with Gasteiger partial charge in [-0.1, -0.05) is 0 Å². The third-order valence-electron chi connectivity index (χ3n) is 3.31. The summed E-state index contributed by atoms with van der Waals surface area (Å²) in [6.07, 6.45) is 1.79. The van der Waals surface area contributed by atoms with Crippen LogP contribution in [0.5, 0.6) is 0 Å². The Balaban J connectivity index is 2.51. The summed E-state index contributed by atoms with van der Waals surface area (Å²) in [5.74, 6) is 0.808. The molecule has 0 spiro atoms. The van der Waals surface area contributed by atoms with Gasteiger partial charge in [0.05, 0.1) is 18.8 Å². The fourth-order valence-corrected chi connectivity index (χ4v) is 2.01. The maximum atomic E-state index is 5.67. The Morgan fingerprint density at radius 1 is 1.26 bits per heavy atom. The highest BCUT2D eigenvalue weighted by Crippen LogP contribution is 2.24. The summed E-state index contributed by atoms with van der Waals surface area (Å²) >= 11 is 0. The molecule has 1 fully saturated rings. The first kappa shape index (κ1) is 16.2. The van der Waals surface area contributed by atoms with Crippen molar-refractivity contribution in [3.63, 3.8) is 0 Å². The highest BCUT2D eigenvalue weighted by atomic mass is 16.5. The number of nitrogens with zero attached hydrogens (tertiary/aromatic N) is 1. The van der Waals surface area contributed by atoms with E-state index in [9.17, 15) is 0 Å². The summed E-state index contributed by atoms with van der Waals surface area (Å²) in [6.45, 7) is 6.43. The number of ether oxygens (including phenoxy) is 3. The number of guanidine groups is 1. The normalized spacial score (nSPS) is 19.2. The summed E-state index contributed by atoms with van der Waals surface area (Å²) in [5, 5.41) is 6.45. The second kappa shape index (κ2) is 9.12. The molecule has 0 aromatic carbocycles. The van der Waals surface area contributed by atoms with E-state index in [0.29, 0.717) is 13.2 Å². The number of rotatable bonds is 7. The monoisotopic (exact) mass is 273 g/mol. The molecular formula is C13H27N3O3. The third-order valence-corrected chi connectivity index (χ3v) is 3.31. The Morgan fingerprint density at radius 3 is 2.58 bits per heavy atom. The molecule has 0 aromatic heterocycles. The van der Waals surface area contributed by atoms with Crippen molar-refractivity contribution >= 4 is 5.96 Å². The Morgan fingerprint density at radius 2 is 2.00 bits per heavy atom. The first-order chi connectivity index (χ1) is 9.26. The van der Waals surface area contributed by atoms with Crippen LogP contribution in [-0.4, -0.2) is 65.2 Å². The quantitative estimate of drug-likeness (QED) is 0.399. The van der Waals surface area contributed by atoms with Crippen LogP contribution in [0.4, 0.5) is 0 Å². The average Bonchev–Trinajstić information content (AvgIpc) is 2.46. The minimum atomic E-state index is -0.179.